The molecule has 1 unspecified atom stereocenters. The van der Waals surface area contributed by atoms with Crippen LogP contribution >= 0.6 is 7.82 Å². The summed E-state index contributed by atoms with van der Waals surface area (Å²) in [6, 6.07) is 0. The Kier molecular flexibility index (Phi) is 7.65. The van der Waals surface area contributed by atoms with Gasteiger partial charge in [0.2, 0.25) is 0 Å². The van der Waals surface area contributed by atoms with E-state index in [0.29, 0.717) is 30.0 Å². The van der Waals surface area contributed by atoms with Gasteiger partial charge >= 0.3 is 7.82 Å². The van der Waals surface area contributed by atoms with Gasteiger partial charge in [-0.25, -0.2) is 4.57 Å². The van der Waals surface area contributed by atoms with E-state index < -0.39 is 19.3 Å². The lowest BCUT2D eigenvalue weighted by Gasteiger charge is -2.62. The molecule has 0 radical (unpaired) electrons. The van der Waals surface area contributed by atoms with E-state index >= 15 is 0 Å². The van der Waals surface area contributed by atoms with Crippen molar-refractivity contribution in [1.29, 1.82) is 0 Å². The zero-order valence-electron chi connectivity index (χ0n) is 25.8. The monoisotopic (exact) mass is 550 g/mol. The summed E-state index contributed by atoms with van der Waals surface area (Å²) in [5, 5.41) is 0. The molecule has 0 bridgehead atoms. The van der Waals surface area contributed by atoms with Gasteiger partial charge in [0.05, 0.1) is 6.10 Å². The number of carbonyl (C=O) groups is 1. The molecule has 6 heteroatoms. The van der Waals surface area contributed by atoms with Crippen LogP contribution in [0.3, 0.4) is 0 Å². The Morgan fingerprint density at radius 3 is 2.24 bits per heavy atom. The molecule has 9 atom stereocenters. The molecule has 0 heterocycles. The van der Waals surface area contributed by atoms with Crippen LogP contribution in [0.4, 0.5) is 0 Å². The highest BCUT2D eigenvalue weighted by atomic mass is 31.2. The molecule has 5 nitrogen and oxygen atoms in total. The molecule has 4 aliphatic carbocycles. The van der Waals surface area contributed by atoms with Crippen molar-refractivity contribution in [2.24, 2.45) is 56.7 Å². The molecule has 0 spiro atoms. The van der Waals surface area contributed by atoms with Crippen molar-refractivity contribution < 1.29 is 23.7 Å². The molecule has 0 aromatic heterocycles. The third-order valence-corrected chi connectivity index (χ3v) is 13.2. The van der Waals surface area contributed by atoms with Gasteiger partial charge in [0.15, 0.2) is 5.78 Å². The number of ketones is 1. The van der Waals surface area contributed by atoms with Crippen molar-refractivity contribution in [3.05, 3.63) is 11.6 Å². The Morgan fingerprint density at radius 2 is 1.66 bits per heavy atom. The summed E-state index contributed by atoms with van der Waals surface area (Å²) in [4.78, 5) is 33.5. The number of phosphoric ester groups is 1. The quantitative estimate of drug-likeness (QED) is 0.325. The zero-order chi connectivity index (χ0) is 28.7. The first-order chi connectivity index (χ1) is 17.2. The second-order valence-electron chi connectivity index (χ2n) is 16.4. The highest BCUT2D eigenvalue weighted by Crippen LogP contribution is 2.74. The van der Waals surface area contributed by atoms with Crippen LogP contribution in [0.15, 0.2) is 11.6 Å². The van der Waals surface area contributed by atoms with Gasteiger partial charge in [0, 0.05) is 5.92 Å². The zero-order valence-corrected chi connectivity index (χ0v) is 26.7. The van der Waals surface area contributed by atoms with Gasteiger partial charge in [-0.05, 0) is 108 Å². The first-order valence-electron chi connectivity index (χ1n) is 15.2. The maximum atomic E-state index is 13.7. The summed E-state index contributed by atoms with van der Waals surface area (Å²) >= 11 is 0. The lowest BCUT2D eigenvalue weighted by molar-refractivity contribution is -0.135. The van der Waals surface area contributed by atoms with Gasteiger partial charge in [-0.2, -0.15) is 0 Å². The molecule has 3 fully saturated rings. The average molecular weight is 551 g/mol. The summed E-state index contributed by atoms with van der Waals surface area (Å²) in [6.07, 6.45) is 9.31. The van der Waals surface area contributed by atoms with E-state index in [1.165, 1.54) is 5.57 Å². The van der Waals surface area contributed by atoms with E-state index in [1.807, 2.05) is 0 Å². The maximum Gasteiger partial charge on any atom is 0.469 e. The fraction of sp³-hybridized carbons (Fsp3) is 0.906. The molecule has 4 rings (SSSR count). The van der Waals surface area contributed by atoms with E-state index in [1.54, 1.807) is 0 Å². The van der Waals surface area contributed by atoms with Crippen LogP contribution in [0.25, 0.3) is 0 Å². The highest BCUT2D eigenvalue weighted by molar-refractivity contribution is 7.46. The first kappa shape index (κ1) is 30.5. The van der Waals surface area contributed by atoms with Crippen molar-refractivity contribution in [3.8, 4) is 0 Å². The van der Waals surface area contributed by atoms with Crippen LogP contribution in [0.1, 0.15) is 121 Å². The van der Waals surface area contributed by atoms with Crippen molar-refractivity contribution >= 4 is 13.6 Å². The largest absolute Gasteiger partial charge is 0.469 e. The Bertz CT molecular complexity index is 1020. The van der Waals surface area contributed by atoms with E-state index in [4.69, 9.17) is 4.52 Å². The molecular formula is C32H55O5P. The summed E-state index contributed by atoms with van der Waals surface area (Å²) in [5.41, 5.74) is 0.888. The minimum absolute atomic E-state index is 0.0316. The minimum Gasteiger partial charge on any atom is -0.303 e. The van der Waals surface area contributed by atoms with Gasteiger partial charge in [-0.3, -0.25) is 9.32 Å². The number of hydrogen-bond donors (Lipinski definition) is 2. The molecule has 0 saturated heterocycles. The Hall–Kier alpha value is -0.480. The topological polar surface area (TPSA) is 83.8 Å². The minimum atomic E-state index is -4.64. The molecule has 0 aromatic carbocycles. The summed E-state index contributed by atoms with van der Waals surface area (Å²) in [5.74, 6) is 2.40. The third-order valence-electron chi connectivity index (χ3n) is 12.7. The second-order valence-corrected chi connectivity index (χ2v) is 17.6. The van der Waals surface area contributed by atoms with Crippen molar-refractivity contribution in [2.45, 2.75) is 127 Å². The molecule has 4 aliphatic rings. The predicted molar refractivity (Wildman–Crippen MR) is 153 cm³/mol. The molecule has 38 heavy (non-hydrogen) atoms. The van der Waals surface area contributed by atoms with E-state index in [-0.39, 0.29) is 33.5 Å². The van der Waals surface area contributed by atoms with E-state index in [0.717, 1.165) is 44.9 Å². The molecule has 3 saturated carbocycles. The van der Waals surface area contributed by atoms with Gasteiger partial charge in [0.1, 0.15) is 0 Å². The Morgan fingerprint density at radius 1 is 1.03 bits per heavy atom. The summed E-state index contributed by atoms with van der Waals surface area (Å²) < 4.78 is 17.7. The molecule has 2 N–H and O–H groups in total. The average Bonchev–Trinajstić information content (AvgIpc) is 3.04. The van der Waals surface area contributed by atoms with E-state index in [9.17, 15) is 19.1 Å². The SMILES string of the molecule is C[C@@H]1C[C@H]2C(=O)C=C3C(CC[C@]4(C)[C@@H](C(C)(C)[C@@H](CCC(C)(C)C)OP(=O)(O)O)CC[C@@]34C)[C@@]2(C)C[C@@H]1C. The standard InChI is InChI=1S/C32H55O5P/c1-20-17-24-25(33)18-23-22(30(24,8)19-21(20)2)11-15-32(10)26(12-16-31(23,32)9)29(6,7)27(37-38(34,35)36)13-14-28(3,4)5/h18,20-22,24,26-27H,11-17,19H2,1-10H3,(H2,34,35,36)/t20-,21+,22?,24+,26-,27-,30-,31+,32-/m1/s1. The van der Waals surface area contributed by atoms with Gasteiger partial charge in [-0.1, -0.05) is 74.8 Å². The third kappa shape index (κ3) is 4.94. The number of rotatable bonds is 6. The summed E-state index contributed by atoms with van der Waals surface area (Å²) in [7, 11) is -4.64. The van der Waals surface area contributed by atoms with Gasteiger partial charge in [-0.15, -0.1) is 0 Å². The normalized spacial score (nSPS) is 42.7. The molecule has 218 valence electrons. The Labute approximate surface area is 232 Å². The smallest absolute Gasteiger partial charge is 0.303 e. The molecule has 0 amide bonds. The molecular weight excluding hydrogens is 495 g/mol. The number of hydrogen-bond acceptors (Lipinski definition) is 3. The van der Waals surface area contributed by atoms with Crippen LogP contribution in [0.2, 0.25) is 0 Å². The first-order valence-corrected chi connectivity index (χ1v) is 16.7. The van der Waals surface area contributed by atoms with Crippen molar-refractivity contribution in [2.75, 3.05) is 0 Å². The molecule has 0 aromatic rings. The van der Waals surface area contributed by atoms with Crippen LogP contribution in [0, 0.1) is 56.7 Å². The van der Waals surface area contributed by atoms with Crippen molar-refractivity contribution in [3.63, 3.8) is 0 Å². The fourth-order valence-corrected chi connectivity index (χ4v) is 10.7. The fourth-order valence-electron chi connectivity index (χ4n) is 9.97. The predicted octanol–water partition coefficient (Wildman–Crippen LogP) is 8.35. The van der Waals surface area contributed by atoms with Gasteiger partial charge < -0.3 is 9.79 Å². The molecule has 0 aliphatic heterocycles. The van der Waals surface area contributed by atoms with Crippen LogP contribution < -0.4 is 0 Å². The highest BCUT2D eigenvalue weighted by Gasteiger charge is 2.67. The second kappa shape index (κ2) is 9.53. The maximum absolute atomic E-state index is 13.7. The number of fused-ring (bicyclic) bond motifs is 5. The number of phosphoric acid groups is 1. The van der Waals surface area contributed by atoms with Crippen molar-refractivity contribution in [1.82, 2.24) is 0 Å². The lowest BCUT2D eigenvalue weighted by Crippen LogP contribution is -2.57. The lowest BCUT2D eigenvalue weighted by atomic mass is 9.42. The summed E-state index contributed by atoms with van der Waals surface area (Å²) in [6.45, 7) is 22.7. The number of allylic oxidation sites excluding steroid dienone is 2. The van der Waals surface area contributed by atoms with Crippen LogP contribution in [0.5, 0.6) is 0 Å². The van der Waals surface area contributed by atoms with Crippen LogP contribution in [-0.2, 0) is 13.9 Å². The van der Waals surface area contributed by atoms with E-state index in [2.05, 4.69) is 75.3 Å². The van der Waals surface area contributed by atoms with Gasteiger partial charge in [0.25, 0.3) is 0 Å². The number of carbonyl (C=O) groups excluding carboxylic acids is 1. The van der Waals surface area contributed by atoms with Crippen LogP contribution in [-0.4, -0.2) is 21.7 Å². The Balaban J connectivity index is 1.70.